The first-order chi connectivity index (χ1) is 9.60. The van der Waals surface area contributed by atoms with E-state index in [-0.39, 0.29) is 5.56 Å². The molecule has 4 heteroatoms. The predicted octanol–water partition coefficient (Wildman–Crippen LogP) is 4.01. The van der Waals surface area contributed by atoms with Crippen molar-refractivity contribution in [2.75, 3.05) is 0 Å². The number of hydrogen-bond donors (Lipinski definition) is 0. The van der Waals surface area contributed by atoms with Gasteiger partial charge in [-0.2, -0.15) is 0 Å². The van der Waals surface area contributed by atoms with Crippen LogP contribution in [0.1, 0.15) is 16.1 Å². The van der Waals surface area contributed by atoms with Crippen LogP contribution < -0.4 is 0 Å². The summed E-state index contributed by atoms with van der Waals surface area (Å²) in [6.45, 7) is 1.91. The summed E-state index contributed by atoms with van der Waals surface area (Å²) in [5.74, 6) is -1.32. The summed E-state index contributed by atoms with van der Waals surface area (Å²) in [4.78, 5) is 11.3. The maximum atomic E-state index is 13.9. The molecule has 0 N–H and O–H groups in total. The fourth-order valence-electron chi connectivity index (χ4n) is 2.34. The van der Waals surface area contributed by atoms with Crippen molar-refractivity contribution < 1.29 is 13.6 Å². The number of aldehydes is 1. The lowest BCUT2D eigenvalue weighted by atomic mass is 10.1. The van der Waals surface area contributed by atoms with Gasteiger partial charge in [-0.15, -0.1) is 0 Å². The zero-order valence-electron chi connectivity index (χ0n) is 10.7. The lowest BCUT2D eigenvalue weighted by Crippen LogP contribution is -1.94. The van der Waals surface area contributed by atoms with Crippen molar-refractivity contribution in [3.05, 3.63) is 65.5 Å². The van der Waals surface area contributed by atoms with Gasteiger partial charge in [0.1, 0.15) is 11.6 Å². The van der Waals surface area contributed by atoms with E-state index in [9.17, 15) is 13.6 Å². The van der Waals surface area contributed by atoms with E-state index in [0.717, 1.165) is 17.1 Å². The third-order valence-electron chi connectivity index (χ3n) is 3.29. The van der Waals surface area contributed by atoms with Gasteiger partial charge in [0.15, 0.2) is 6.29 Å². The summed E-state index contributed by atoms with van der Waals surface area (Å²) in [6.07, 6.45) is 2.49. The molecule has 0 bridgehead atoms. The van der Waals surface area contributed by atoms with Crippen molar-refractivity contribution >= 4 is 11.8 Å². The summed E-state index contributed by atoms with van der Waals surface area (Å²) in [5.41, 5.74) is 2.81. The number of halogens is 2. The Labute approximate surface area is 114 Å². The maximum Gasteiger partial charge on any atom is 0.167 e. The van der Waals surface area contributed by atoms with E-state index in [1.54, 1.807) is 10.5 Å². The molecule has 0 fully saturated rings. The van der Waals surface area contributed by atoms with Crippen molar-refractivity contribution in [3.63, 3.8) is 0 Å². The van der Waals surface area contributed by atoms with Gasteiger partial charge in [0.05, 0.1) is 5.69 Å². The van der Waals surface area contributed by atoms with Crippen molar-refractivity contribution in [1.82, 2.24) is 4.40 Å². The molecular weight excluding hydrogens is 260 g/mol. The van der Waals surface area contributed by atoms with Crippen LogP contribution in [0.25, 0.3) is 16.6 Å². The van der Waals surface area contributed by atoms with Crippen LogP contribution in [0.4, 0.5) is 8.78 Å². The number of rotatable bonds is 2. The largest absolute Gasteiger partial charge is 0.313 e. The molecule has 0 saturated heterocycles. The van der Waals surface area contributed by atoms with Crippen LogP contribution in [-0.4, -0.2) is 10.7 Å². The third-order valence-corrected chi connectivity index (χ3v) is 3.29. The smallest absolute Gasteiger partial charge is 0.167 e. The molecule has 100 valence electrons. The molecule has 2 nitrogen and oxygen atoms in total. The SMILES string of the molecule is Cc1ccc2cc(-c3ccc(F)cc3F)c(C=O)n2c1. The van der Waals surface area contributed by atoms with Gasteiger partial charge in [0.2, 0.25) is 0 Å². The molecular formula is C16H11F2NO. The molecule has 0 amide bonds. The first kappa shape index (κ1) is 12.5. The molecule has 0 aliphatic carbocycles. The molecule has 0 radical (unpaired) electrons. The number of aryl methyl sites for hydroxylation is 1. The van der Waals surface area contributed by atoms with Crippen LogP contribution >= 0.6 is 0 Å². The molecule has 0 saturated carbocycles. The normalized spacial score (nSPS) is 10.9. The van der Waals surface area contributed by atoms with Gasteiger partial charge in [-0.3, -0.25) is 4.79 Å². The summed E-state index contributed by atoms with van der Waals surface area (Å²) in [7, 11) is 0. The van der Waals surface area contributed by atoms with Crippen molar-refractivity contribution in [1.29, 1.82) is 0 Å². The molecule has 3 aromatic rings. The van der Waals surface area contributed by atoms with Crippen LogP contribution in [0.5, 0.6) is 0 Å². The highest BCUT2D eigenvalue weighted by molar-refractivity contribution is 5.90. The quantitative estimate of drug-likeness (QED) is 0.645. The van der Waals surface area contributed by atoms with E-state index in [2.05, 4.69) is 0 Å². The molecule has 1 aromatic carbocycles. The highest BCUT2D eigenvalue weighted by Gasteiger charge is 2.15. The maximum absolute atomic E-state index is 13.9. The fourth-order valence-corrected chi connectivity index (χ4v) is 2.34. The van der Waals surface area contributed by atoms with Crippen LogP contribution in [0.3, 0.4) is 0 Å². The minimum atomic E-state index is -0.680. The number of carbonyl (C=O) groups excluding carboxylic acids is 1. The Morgan fingerprint density at radius 3 is 2.55 bits per heavy atom. The van der Waals surface area contributed by atoms with Crippen LogP contribution in [0.2, 0.25) is 0 Å². The third kappa shape index (κ3) is 1.90. The van der Waals surface area contributed by atoms with Crippen molar-refractivity contribution in [2.45, 2.75) is 6.92 Å². The van der Waals surface area contributed by atoms with Gasteiger partial charge in [-0.05, 0) is 36.8 Å². The zero-order valence-corrected chi connectivity index (χ0v) is 10.7. The number of carbonyl (C=O) groups is 1. The minimum absolute atomic E-state index is 0.217. The van der Waals surface area contributed by atoms with Crippen LogP contribution in [0.15, 0.2) is 42.6 Å². The molecule has 0 aliphatic heterocycles. The lowest BCUT2D eigenvalue weighted by molar-refractivity contribution is 0.111. The summed E-state index contributed by atoms with van der Waals surface area (Å²) < 4.78 is 28.6. The van der Waals surface area contributed by atoms with E-state index in [1.807, 2.05) is 25.3 Å². The zero-order chi connectivity index (χ0) is 14.3. The monoisotopic (exact) mass is 271 g/mol. The number of aromatic nitrogens is 1. The Bertz CT molecular complexity index is 821. The van der Waals surface area contributed by atoms with E-state index >= 15 is 0 Å². The van der Waals surface area contributed by atoms with Gasteiger partial charge < -0.3 is 4.40 Å². The number of hydrogen-bond acceptors (Lipinski definition) is 1. The highest BCUT2D eigenvalue weighted by atomic mass is 19.1. The van der Waals surface area contributed by atoms with E-state index in [1.165, 1.54) is 12.1 Å². The number of benzene rings is 1. The second kappa shape index (κ2) is 4.56. The van der Waals surface area contributed by atoms with E-state index in [0.29, 0.717) is 17.5 Å². The van der Waals surface area contributed by atoms with Gasteiger partial charge in [0, 0.05) is 28.9 Å². The standard InChI is InChI=1S/C16H11F2NO/c1-10-2-4-12-7-14(16(9-20)19(12)8-10)13-5-3-11(17)6-15(13)18/h2-9H,1H3. The second-order valence-electron chi connectivity index (χ2n) is 4.69. The van der Waals surface area contributed by atoms with Gasteiger partial charge in [-0.1, -0.05) is 6.07 Å². The van der Waals surface area contributed by atoms with E-state index in [4.69, 9.17) is 0 Å². The molecule has 0 spiro atoms. The topological polar surface area (TPSA) is 21.5 Å². The molecule has 2 heterocycles. The Morgan fingerprint density at radius 2 is 1.85 bits per heavy atom. The van der Waals surface area contributed by atoms with Crippen LogP contribution in [0, 0.1) is 18.6 Å². The molecule has 20 heavy (non-hydrogen) atoms. The predicted molar refractivity (Wildman–Crippen MR) is 72.9 cm³/mol. The fraction of sp³-hybridized carbons (Fsp3) is 0.0625. The number of fused-ring (bicyclic) bond motifs is 1. The molecule has 0 atom stereocenters. The first-order valence-electron chi connectivity index (χ1n) is 6.12. The van der Waals surface area contributed by atoms with Crippen molar-refractivity contribution in [2.24, 2.45) is 0 Å². The van der Waals surface area contributed by atoms with Crippen LogP contribution in [-0.2, 0) is 0 Å². The molecule has 0 aliphatic rings. The van der Waals surface area contributed by atoms with Gasteiger partial charge in [0.25, 0.3) is 0 Å². The van der Waals surface area contributed by atoms with Gasteiger partial charge >= 0.3 is 0 Å². The Balaban J connectivity index is 2.33. The average molecular weight is 271 g/mol. The molecule has 2 aromatic heterocycles. The van der Waals surface area contributed by atoms with Crippen molar-refractivity contribution in [3.8, 4) is 11.1 Å². The van der Waals surface area contributed by atoms with Gasteiger partial charge in [-0.25, -0.2) is 8.78 Å². The Hall–Kier alpha value is -2.49. The Morgan fingerprint density at radius 1 is 1.05 bits per heavy atom. The number of nitrogens with zero attached hydrogens (tertiary/aromatic N) is 1. The highest BCUT2D eigenvalue weighted by Crippen LogP contribution is 2.29. The lowest BCUT2D eigenvalue weighted by Gasteiger charge is -2.03. The first-order valence-corrected chi connectivity index (χ1v) is 6.12. The Kier molecular flexibility index (Phi) is 2.86. The summed E-state index contributed by atoms with van der Waals surface area (Å²) in [6, 6.07) is 8.83. The summed E-state index contributed by atoms with van der Waals surface area (Å²) in [5, 5.41) is 0. The second-order valence-corrected chi connectivity index (χ2v) is 4.69. The van der Waals surface area contributed by atoms with E-state index < -0.39 is 11.6 Å². The summed E-state index contributed by atoms with van der Waals surface area (Å²) >= 11 is 0. The number of pyridine rings is 1. The minimum Gasteiger partial charge on any atom is -0.313 e. The average Bonchev–Trinajstić information content (AvgIpc) is 2.76. The molecule has 0 unspecified atom stereocenters. The molecule has 3 rings (SSSR count).